The van der Waals surface area contributed by atoms with Crippen LogP contribution in [0.15, 0.2) is 143 Å². The van der Waals surface area contributed by atoms with Gasteiger partial charge in [0.1, 0.15) is 5.58 Å². The Morgan fingerprint density at radius 3 is 2.11 bits per heavy atom. The number of hydrogen-bond donors (Lipinski definition) is 1. The van der Waals surface area contributed by atoms with Crippen molar-refractivity contribution < 1.29 is 4.42 Å². The second-order valence-corrected chi connectivity index (χ2v) is 11.3. The highest BCUT2D eigenvalue weighted by atomic mass is 16.3. The standard InChI is InChI=1S/C40H31N3O/c41-34(28-14-5-2-6-15-28)25-35(42-26-27-12-3-1-4-13-27)29-22-23-32-33-18-11-21-38(40(33)44-39(32)24-29)43-36-19-9-7-16-30(36)31-17-8-10-20-37(31)43/h1-10,12-20,22-25H,11,21,26,41H2/b34-25-,42-35?. The maximum Gasteiger partial charge on any atom is 0.154 e. The van der Waals surface area contributed by atoms with Crippen molar-refractivity contribution in [3.8, 4) is 0 Å². The van der Waals surface area contributed by atoms with E-state index in [1.165, 1.54) is 27.5 Å². The zero-order valence-corrected chi connectivity index (χ0v) is 24.3. The van der Waals surface area contributed by atoms with Gasteiger partial charge in [-0.15, -0.1) is 0 Å². The molecule has 0 atom stereocenters. The minimum absolute atomic E-state index is 0.556. The predicted molar refractivity (Wildman–Crippen MR) is 183 cm³/mol. The van der Waals surface area contributed by atoms with E-state index in [0.717, 1.165) is 56.8 Å². The van der Waals surface area contributed by atoms with Crippen molar-refractivity contribution in [1.29, 1.82) is 0 Å². The van der Waals surface area contributed by atoms with Gasteiger partial charge in [-0.25, -0.2) is 0 Å². The number of fused-ring (bicyclic) bond motifs is 6. The molecule has 44 heavy (non-hydrogen) atoms. The molecular weight excluding hydrogens is 538 g/mol. The van der Waals surface area contributed by atoms with Crippen LogP contribution >= 0.6 is 0 Å². The number of nitrogens with two attached hydrogens (primary N) is 1. The van der Waals surface area contributed by atoms with Gasteiger partial charge in [0.2, 0.25) is 0 Å². The summed E-state index contributed by atoms with van der Waals surface area (Å²) >= 11 is 0. The second-order valence-electron chi connectivity index (χ2n) is 11.3. The van der Waals surface area contributed by atoms with Crippen molar-refractivity contribution in [1.82, 2.24) is 4.57 Å². The van der Waals surface area contributed by atoms with Gasteiger partial charge in [0.15, 0.2) is 5.42 Å². The topological polar surface area (TPSA) is 56.4 Å². The first kappa shape index (κ1) is 26.1. The summed E-state index contributed by atoms with van der Waals surface area (Å²) in [5.74, 6) is 0. The summed E-state index contributed by atoms with van der Waals surface area (Å²) < 4.78 is 9.17. The fourth-order valence-corrected chi connectivity index (χ4v) is 6.43. The number of nitrogens with zero attached hydrogens (tertiary/aromatic N) is 2. The van der Waals surface area contributed by atoms with E-state index >= 15 is 0 Å². The lowest BCUT2D eigenvalue weighted by molar-refractivity contribution is 0.563. The third kappa shape index (κ3) is 4.52. The second kappa shape index (κ2) is 10.9. The molecule has 0 spiro atoms. The van der Waals surface area contributed by atoms with Gasteiger partial charge in [0.05, 0.1) is 29.0 Å². The molecule has 1 aliphatic rings. The number of aliphatic imine (C=N–C) groups is 1. The quantitative estimate of drug-likeness (QED) is 0.208. The van der Waals surface area contributed by atoms with Gasteiger partial charge < -0.3 is 14.7 Å². The number of benzene rings is 5. The Labute approximate surface area is 255 Å². The maximum atomic E-state index is 6.77. The molecule has 0 radical (unpaired) electrons. The highest BCUT2D eigenvalue weighted by molar-refractivity contribution is 6.13. The summed E-state index contributed by atoms with van der Waals surface area (Å²) in [6.45, 7) is 0.556. The number of rotatable bonds is 6. The molecule has 212 valence electrons. The van der Waals surface area contributed by atoms with Crippen LogP contribution in [0.25, 0.3) is 50.2 Å². The van der Waals surface area contributed by atoms with Crippen LogP contribution in [0.3, 0.4) is 0 Å². The van der Waals surface area contributed by atoms with E-state index in [9.17, 15) is 0 Å². The maximum absolute atomic E-state index is 6.77. The van der Waals surface area contributed by atoms with Crippen molar-refractivity contribution >= 4 is 56.0 Å². The van der Waals surface area contributed by atoms with Crippen molar-refractivity contribution in [2.45, 2.75) is 19.4 Å². The molecule has 8 rings (SSSR count). The molecule has 0 bridgehead atoms. The van der Waals surface area contributed by atoms with Crippen molar-refractivity contribution in [3.05, 3.63) is 161 Å². The summed E-state index contributed by atoms with van der Waals surface area (Å²) in [5.41, 5.74) is 16.6. The van der Waals surface area contributed by atoms with Gasteiger partial charge in [-0.1, -0.05) is 109 Å². The average Bonchev–Trinajstić information content (AvgIpc) is 3.63. The molecule has 7 aromatic rings. The minimum Gasteiger partial charge on any atom is -0.454 e. The lowest BCUT2D eigenvalue weighted by atomic mass is 10.0. The summed E-state index contributed by atoms with van der Waals surface area (Å²) in [5, 5.41) is 4.79. The van der Waals surface area contributed by atoms with Crippen LogP contribution in [-0.2, 0) is 6.54 Å². The van der Waals surface area contributed by atoms with Gasteiger partial charge in [-0.05, 0) is 54.3 Å². The third-order valence-electron chi connectivity index (χ3n) is 8.54. The largest absolute Gasteiger partial charge is 0.454 e. The highest BCUT2D eigenvalue weighted by Crippen LogP contribution is 2.32. The fraction of sp³-hybridized carbons (Fsp3) is 0.0750. The van der Waals surface area contributed by atoms with Crippen molar-refractivity contribution in [2.24, 2.45) is 10.7 Å². The first-order chi connectivity index (χ1) is 21.7. The number of hydrogen-bond acceptors (Lipinski definition) is 3. The van der Waals surface area contributed by atoms with Crippen LogP contribution in [0.1, 0.15) is 29.5 Å². The van der Waals surface area contributed by atoms with Crippen LogP contribution in [0.4, 0.5) is 0 Å². The zero-order valence-electron chi connectivity index (χ0n) is 24.3. The van der Waals surface area contributed by atoms with E-state index in [0.29, 0.717) is 12.2 Å². The van der Waals surface area contributed by atoms with E-state index in [4.69, 9.17) is 15.1 Å². The normalized spacial score (nSPS) is 13.9. The van der Waals surface area contributed by atoms with E-state index in [2.05, 4.69) is 89.5 Å². The first-order valence-electron chi connectivity index (χ1n) is 15.1. The van der Waals surface area contributed by atoms with Gasteiger partial charge in [-0.3, -0.25) is 4.99 Å². The SMILES string of the molecule is N/C(=C\C(=NCc1ccccc1)c1ccc2c3c(oc2c1)=C(n1c2ccccc2c2ccccc21)CCC=3)c1ccccc1. The Bertz CT molecular complexity index is 2300. The molecule has 0 unspecified atom stereocenters. The van der Waals surface area contributed by atoms with E-state index in [1.54, 1.807) is 0 Å². The molecule has 4 heteroatoms. The molecular formula is C40H31N3O. The zero-order chi connectivity index (χ0) is 29.5. The number of allylic oxidation sites excluding steroid dienone is 1. The lowest BCUT2D eigenvalue weighted by Crippen LogP contribution is -2.28. The molecule has 4 nitrogen and oxygen atoms in total. The average molecular weight is 570 g/mol. The molecule has 5 aromatic carbocycles. The number of aromatic nitrogens is 1. The number of para-hydroxylation sites is 2. The van der Waals surface area contributed by atoms with E-state index < -0.39 is 0 Å². The Morgan fingerprint density at radius 1 is 0.727 bits per heavy atom. The molecule has 2 N–H and O–H groups in total. The Hall–Kier alpha value is -5.61. The first-order valence-corrected chi connectivity index (χ1v) is 15.1. The molecule has 2 aromatic heterocycles. The minimum atomic E-state index is 0.556. The van der Waals surface area contributed by atoms with Crippen LogP contribution in [0.5, 0.6) is 0 Å². The highest BCUT2D eigenvalue weighted by Gasteiger charge is 2.19. The molecule has 0 aliphatic heterocycles. The summed E-state index contributed by atoms with van der Waals surface area (Å²) in [6, 6.07) is 44.0. The van der Waals surface area contributed by atoms with Gasteiger partial charge >= 0.3 is 0 Å². The van der Waals surface area contributed by atoms with Gasteiger partial charge in [-0.2, -0.15) is 0 Å². The van der Waals surface area contributed by atoms with Crippen molar-refractivity contribution in [2.75, 3.05) is 0 Å². The Kier molecular flexibility index (Phi) is 6.45. The molecule has 0 amide bonds. The van der Waals surface area contributed by atoms with Crippen LogP contribution in [-0.4, -0.2) is 10.3 Å². The summed E-state index contributed by atoms with van der Waals surface area (Å²) in [7, 11) is 0. The molecule has 1 aliphatic carbocycles. The lowest BCUT2D eigenvalue weighted by Gasteiger charge is -2.13. The van der Waals surface area contributed by atoms with Crippen LogP contribution < -0.4 is 16.4 Å². The predicted octanol–water partition coefficient (Wildman–Crippen LogP) is 7.76. The Balaban J connectivity index is 1.31. The molecule has 0 saturated carbocycles. The molecule has 0 fully saturated rings. The van der Waals surface area contributed by atoms with E-state index in [-0.39, 0.29) is 0 Å². The third-order valence-corrected chi connectivity index (χ3v) is 8.54. The smallest absolute Gasteiger partial charge is 0.154 e. The monoisotopic (exact) mass is 569 g/mol. The van der Waals surface area contributed by atoms with Crippen molar-refractivity contribution in [3.63, 3.8) is 0 Å². The molecule has 0 saturated heterocycles. The Morgan fingerprint density at radius 2 is 1.39 bits per heavy atom. The summed E-state index contributed by atoms with van der Waals surface area (Å²) in [4.78, 5) is 5.04. The van der Waals surface area contributed by atoms with Crippen LogP contribution in [0, 0.1) is 0 Å². The number of furan rings is 1. The summed E-state index contributed by atoms with van der Waals surface area (Å²) in [6.07, 6.45) is 6.15. The van der Waals surface area contributed by atoms with Gasteiger partial charge in [0.25, 0.3) is 0 Å². The molecule has 2 heterocycles. The van der Waals surface area contributed by atoms with Gasteiger partial charge in [0, 0.05) is 32.6 Å². The van der Waals surface area contributed by atoms with E-state index in [1.807, 2.05) is 54.6 Å². The fourth-order valence-electron chi connectivity index (χ4n) is 6.43. The van der Waals surface area contributed by atoms with Crippen LogP contribution in [0.2, 0.25) is 0 Å².